The van der Waals surface area contributed by atoms with Gasteiger partial charge in [0.1, 0.15) is 0 Å². The maximum absolute atomic E-state index is 4.62. The molecule has 0 amide bonds. The van der Waals surface area contributed by atoms with Crippen LogP contribution in [-0.4, -0.2) is 28.6 Å². The molecule has 0 spiro atoms. The second-order valence-electron chi connectivity index (χ2n) is 6.73. The van der Waals surface area contributed by atoms with E-state index >= 15 is 0 Å². The zero-order valence-electron chi connectivity index (χ0n) is 13.0. The van der Waals surface area contributed by atoms with Gasteiger partial charge in [0.25, 0.3) is 0 Å². The highest BCUT2D eigenvalue weighted by Crippen LogP contribution is 2.32. The van der Waals surface area contributed by atoms with E-state index in [0.29, 0.717) is 6.04 Å². The summed E-state index contributed by atoms with van der Waals surface area (Å²) in [5.41, 5.74) is 1.91. The maximum atomic E-state index is 4.62. The number of aromatic nitrogens is 2. The van der Waals surface area contributed by atoms with Crippen molar-refractivity contribution < 1.29 is 0 Å². The first-order valence-electron chi connectivity index (χ1n) is 8.56. The van der Waals surface area contributed by atoms with Crippen LogP contribution in [0.15, 0.2) is 30.5 Å². The van der Waals surface area contributed by atoms with Gasteiger partial charge in [-0.1, -0.05) is 12.8 Å². The Morgan fingerprint density at radius 3 is 3.09 bits per heavy atom. The highest BCUT2D eigenvalue weighted by molar-refractivity contribution is 5.74. The summed E-state index contributed by atoms with van der Waals surface area (Å²) in [4.78, 5) is 8.94. The first-order valence-corrected chi connectivity index (χ1v) is 8.56. The van der Waals surface area contributed by atoms with E-state index < -0.39 is 0 Å². The van der Waals surface area contributed by atoms with E-state index in [9.17, 15) is 0 Å². The monoisotopic (exact) mass is 296 g/mol. The van der Waals surface area contributed by atoms with Crippen molar-refractivity contribution in [1.29, 1.82) is 0 Å². The normalized spacial score (nSPS) is 27.9. The van der Waals surface area contributed by atoms with Crippen molar-refractivity contribution in [2.24, 2.45) is 5.92 Å². The third-order valence-electron chi connectivity index (χ3n) is 5.16. The van der Waals surface area contributed by atoms with Crippen LogP contribution in [-0.2, 0) is 6.54 Å². The summed E-state index contributed by atoms with van der Waals surface area (Å²) in [5.74, 6) is 0.920. The van der Waals surface area contributed by atoms with Crippen molar-refractivity contribution in [2.45, 2.75) is 50.7 Å². The molecule has 22 heavy (non-hydrogen) atoms. The minimum atomic E-state index is 0.631. The Morgan fingerprint density at radius 1 is 1.18 bits per heavy atom. The zero-order valence-corrected chi connectivity index (χ0v) is 13.0. The zero-order chi connectivity index (χ0) is 14.8. The van der Waals surface area contributed by atoms with E-state index in [1.165, 1.54) is 32.1 Å². The fourth-order valence-corrected chi connectivity index (χ4v) is 4.05. The fraction of sp³-hybridized carbons (Fsp3) is 0.556. The van der Waals surface area contributed by atoms with Crippen LogP contribution in [0.25, 0.3) is 11.0 Å². The van der Waals surface area contributed by atoms with Crippen molar-refractivity contribution in [3.63, 3.8) is 0 Å². The van der Waals surface area contributed by atoms with Crippen LogP contribution in [0.3, 0.4) is 0 Å². The minimum absolute atomic E-state index is 0.631. The molecular weight excluding hydrogens is 272 g/mol. The molecule has 0 aromatic carbocycles. The van der Waals surface area contributed by atoms with Crippen molar-refractivity contribution in [3.8, 4) is 0 Å². The van der Waals surface area contributed by atoms with Crippen molar-refractivity contribution in [1.82, 2.24) is 20.6 Å². The molecule has 4 nitrogen and oxygen atoms in total. The molecule has 2 fully saturated rings. The quantitative estimate of drug-likeness (QED) is 0.910. The number of hydrogen-bond acceptors (Lipinski definition) is 4. The first-order chi connectivity index (χ1) is 10.9. The SMILES string of the molecule is c1cnc2nc(CNC[C@@H]3C[C@@H]4CCCC[C@@H]4N3)ccc2c1. The fourth-order valence-electron chi connectivity index (χ4n) is 4.05. The lowest BCUT2D eigenvalue weighted by Gasteiger charge is -2.24. The first kappa shape index (κ1) is 14.1. The van der Waals surface area contributed by atoms with Gasteiger partial charge in [-0.05, 0) is 49.4 Å². The molecule has 0 unspecified atom stereocenters. The number of rotatable bonds is 4. The topological polar surface area (TPSA) is 49.8 Å². The number of nitrogens with one attached hydrogen (secondary N) is 2. The molecule has 1 aliphatic heterocycles. The van der Waals surface area contributed by atoms with Gasteiger partial charge in [0.2, 0.25) is 0 Å². The maximum Gasteiger partial charge on any atom is 0.159 e. The molecule has 0 radical (unpaired) electrons. The van der Waals surface area contributed by atoms with Gasteiger partial charge in [-0.15, -0.1) is 0 Å². The number of hydrogen-bond donors (Lipinski definition) is 2. The van der Waals surface area contributed by atoms with Gasteiger partial charge in [0.15, 0.2) is 5.65 Å². The van der Waals surface area contributed by atoms with Crippen LogP contribution in [0.1, 0.15) is 37.8 Å². The molecule has 3 heterocycles. The van der Waals surface area contributed by atoms with Crippen LogP contribution in [0, 0.1) is 5.92 Å². The molecule has 2 N–H and O–H groups in total. The highest BCUT2D eigenvalue weighted by atomic mass is 15.0. The Hall–Kier alpha value is -1.52. The van der Waals surface area contributed by atoms with E-state index in [4.69, 9.17) is 0 Å². The second kappa shape index (κ2) is 6.31. The van der Waals surface area contributed by atoms with E-state index in [-0.39, 0.29) is 0 Å². The van der Waals surface area contributed by atoms with E-state index in [0.717, 1.165) is 41.8 Å². The van der Waals surface area contributed by atoms with Crippen molar-refractivity contribution in [3.05, 3.63) is 36.2 Å². The van der Waals surface area contributed by atoms with Crippen LogP contribution < -0.4 is 10.6 Å². The highest BCUT2D eigenvalue weighted by Gasteiger charge is 2.34. The predicted molar refractivity (Wildman–Crippen MR) is 88.5 cm³/mol. The van der Waals surface area contributed by atoms with E-state index in [1.54, 1.807) is 6.20 Å². The summed E-state index contributed by atoms with van der Waals surface area (Å²) in [7, 11) is 0. The lowest BCUT2D eigenvalue weighted by molar-refractivity contribution is 0.325. The predicted octanol–water partition coefficient (Wildman–Crippen LogP) is 2.64. The molecule has 1 saturated heterocycles. The van der Waals surface area contributed by atoms with Gasteiger partial charge < -0.3 is 10.6 Å². The summed E-state index contributed by atoms with van der Waals surface area (Å²) in [5, 5.41) is 8.48. The second-order valence-corrected chi connectivity index (χ2v) is 6.73. The molecule has 3 atom stereocenters. The lowest BCUT2D eigenvalue weighted by atomic mass is 9.85. The Kier molecular flexibility index (Phi) is 4.04. The molecule has 2 aliphatic rings. The number of nitrogens with zero attached hydrogens (tertiary/aromatic N) is 2. The largest absolute Gasteiger partial charge is 0.310 e. The molecule has 4 rings (SSSR count). The lowest BCUT2D eigenvalue weighted by Crippen LogP contribution is -2.38. The van der Waals surface area contributed by atoms with Gasteiger partial charge in [-0.3, -0.25) is 0 Å². The Labute approximate surface area is 131 Å². The van der Waals surface area contributed by atoms with E-state index in [1.807, 2.05) is 6.07 Å². The van der Waals surface area contributed by atoms with Crippen LogP contribution in [0.2, 0.25) is 0 Å². The smallest absolute Gasteiger partial charge is 0.159 e. The third kappa shape index (κ3) is 2.99. The average Bonchev–Trinajstić information content (AvgIpc) is 2.97. The van der Waals surface area contributed by atoms with Crippen molar-refractivity contribution in [2.75, 3.05) is 6.54 Å². The summed E-state index contributed by atoms with van der Waals surface area (Å²) in [6.45, 7) is 1.86. The van der Waals surface area contributed by atoms with Gasteiger partial charge >= 0.3 is 0 Å². The average molecular weight is 296 g/mol. The molecule has 0 bridgehead atoms. The third-order valence-corrected chi connectivity index (χ3v) is 5.16. The molecule has 2 aromatic heterocycles. The summed E-state index contributed by atoms with van der Waals surface area (Å²) >= 11 is 0. The van der Waals surface area contributed by atoms with Gasteiger partial charge in [0, 0.05) is 36.8 Å². The molecule has 116 valence electrons. The summed E-state index contributed by atoms with van der Waals surface area (Å²) in [6.07, 6.45) is 8.77. The van der Waals surface area contributed by atoms with Crippen molar-refractivity contribution >= 4 is 11.0 Å². The molecular formula is C18H24N4. The number of pyridine rings is 2. The molecule has 4 heteroatoms. The van der Waals surface area contributed by atoms with Crippen LogP contribution in [0.4, 0.5) is 0 Å². The standard InChI is InChI=1S/C18H24N4/c1-2-6-17-14(4-1)10-16(21-17)12-19-11-15-8-7-13-5-3-9-20-18(13)22-15/h3,5,7-9,14,16-17,19,21H,1-2,4,6,10-12H2/t14-,16-,17-/m0/s1. The van der Waals surface area contributed by atoms with Crippen LogP contribution in [0.5, 0.6) is 0 Å². The molecule has 1 aliphatic carbocycles. The van der Waals surface area contributed by atoms with Gasteiger partial charge in [0.05, 0.1) is 5.69 Å². The molecule has 1 saturated carbocycles. The van der Waals surface area contributed by atoms with E-state index in [2.05, 4.69) is 38.8 Å². The number of fused-ring (bicyclic) bond motifs is 2. The van der Waals surface area contributed by atoms with Gasteiger partial charge in [-0.25, -0.2) is 9.97 Å². The Balaban J connectivity index is 1.31. The molecule has 2 aromatic rings. The van der Waals surface area contributed by atoms with Crippen LogP contribution >= 0.6 is 0 Å². The minimum Gasteiger partial charge on any atom is -0.310 e. The Bertz CT molecular complexity index is 628. The van der Waals surface area contributed by atoms with Gasteiger partial charge in [-0.2, -0.15) is 0 Å². The Morgan fingerprint density at radius 2 is 2.14 bits per heavy atom. The summed E-state index contributed by atoms with van der Waals surface area (Å²) < 4.78 is 0. The summed E-state index contributed by atoms with van der Waals surface area (Å²) in [6, 6.07) is 9.62.